The molecule has 5 heteroatoms. The normalized spacial score (nSPS) is 21.1. The summed E-state index contributed by atoms with van der Waals surface area (Å²) in [4.78, 5) is 1.31. The van der Waals surface area contributed by atoms with E-state index in [9.17, 15) is 0 Å². The Morgan fingerprint density at radius 3 is 1.73 bits per heavy atom. The molecule has 1 aliphatic rings. The van der Waals surface area contributed by atoms with Gasteiger partial charge in [-0.15, -0.1) is 0 Å². The van der Waals surface area contributed by atoms with E-state index in [2.05, 4.69) is 21.1 Å². The second-order valence-electron chi connectivity index (χ2n) is 2.49. The average Bonchev–Trinajstić information content (AvgIpc) is 2.25. The molecular formula is C6H6N2PbS2. The van der Waals surface area contributed by atoms with Crippen LogP contribution in [0, 0.1) is 22.7 Å². The average molecular weight is 377 g/mol. The summed E-state index contributed by atoms with van der Waals surface area (Å²) in [6.07, 6.45) is 0. The zero-order chi connectivity index (χ0) is 8.48. The second-order valence-corrected chi connectivity index (χ2v) is 39.5. The van der Waals surface area contributed by atoms with Gasteiger partial charge in [-0.25, -0.2) is 0 Å². The zero-order valence-corrected chi connectivity index (χ0v) is 11.7. The third-order valence-corrected chi connectivity index (χ3v) is 23.8. The molecule has 0 saturated carbocycles. The van der Waals surface area contributed by atoms with E-state index in [1.54, 1.807) is 16.6 Å². The Labute approximate surface area is 75.6 Å². The molecule has 0 spiro atoms. The van der Waals surface area contributed by atoms with Crippen LogP contribution in [0.1, 0.15) is 0 Å². The van der Waals surface area contributed by atoms with Crippen LogP contribution in [-0.2, 0) is 0 Å². The first-order valence-corrected chi connectivity index (χ1v) is 21.9. The van der Waals surface area contributed by atoms with Crippen molar-refractivity contribution in [3.05, 3.63) is 9.81 Å². The summed E-state index contributed by atoms with van der Waals surface area (Å²) in [6.45, 7) is 0. The fourth-order valence-corrected chi connectivity index (χ4v) is 25.0. The zero-order valence-electron chi connectivity index (χ0n) is 6.21. The maximum absolute atomic E-state index is 8.64. The molecule has 11 heavy (non-hydrogen) atoms. The van der Waals surface area contributed by atoms with Gasteiger partial charge in [0, 0.05) is 0 Å². The van der Waals surface area contributed by atoms with Gasteiger partial charge in [0.2, 0.25) is 0 Å². The van der Waals surface area contributed by atoms with Crippen LogP contribution in [0.15, 0.2) is 9.81 Å². The molecule has 0 aliphatic carbocycles. The Balaban J connectivity index is 2.93. The van der Waals surface area contributed by atoms with E-state index in [1.807, 2.05) is 0 Å². The van der Waals surface area contributed by atoms with Gasteiger partial charge >= 0.3 is 76.2 Å². The molecule has 0 aromatic rings. The Kier molecular flexibility index (Phi) is 2.90. The van der Waals surface area contributed by atoms with E-state index >= 15 is 0 Å². The van der Waals surface area contributed by atoms with Crippen molar-refractivity contribution in [1.29, 1.82) is 10.5 Å². The van der Waals surface area contributed by atoms with Gasteiger partial charge in [-0.05, 0) is 0 Å². The molecule has 1 heterocycles. The van der Waals surface area contributed by atoms with Crippen molar-refractivity contribution in [2.24, 2.45) is 0 Å². The number of hydrogen-bond donors (Lipinski definition) is 0. The van der Waals surface area contributed by atoms with Crippen molar-refractivity contribution in [3.63, 3.8) is 0 Å². The molecule has 0 unspecified atom stereocenters. The summed E-state index contributed by atoms with van der Waals surface area (Å²) in [5.74, 6) is 0. The quantitative estimate of drug-likeness (QED) is 0.609. The van der Waals surface area contributed by atoms with Crippen molar-refractivity contribution < 1.29 is 0 Å². The molecule has 0 aromatic heterocycles. The Morgan fingerprint density at radius 1 is 1.09 bits per heavy atom. The van der Waals surface area contributed by atoms with Crippen LogP contribution in [-0.4, -0.2) is 18.2 Å². The van der Waals surface area contributed by atoms with E-state index in [1.165, 1.54) is 0 Å². The van der Waals surface area contributed by atoms with Crippen LogP contribution in [0.2, 0.25) is 8.97 Å². The van der Waals surface area contributed by atoms with E-state index in [0.29, 0.717) is 9.81 Å². The first kappa shape index (κ1) is 9.43. The number of rotatable bonds is 0. The first-order chi connectivity index (χ1) is 5.09. The summed E-state index contributed by atoms with van der Waals surface area (Å²) >= 11 is -2.20. The Hall–Kier alpha value is 0.342. The summed E-state index contributed by atoms with van der Waals surface area (Å²) in [6, 6.07) is 4.15. The van der Waals surface area contributed by atoms with E-state index in [0.717, 1.165) is 0 Å². The summed E-state index contributed by atoms with van der Waals surface area (Å²) in [7, 11) is 3.36. The Bertz CT molecular complexity index is 267. The molecule has 0 amide bonds. The Morgan fingerprint density at radius 2 is 1.45 bits per heavy atom. The standard InChI is InChI=1S/C4H2N2S2.2CH3.Pb/c5-1-3(7)4(8)2-6;;;/h7-8H;2*1H3;/q;;;+2/p-2. The number of allylic oxidation sites excluding steroid dienone is 2. The molecule has 0 bridgehead atoms. The number of hydrogen-bond acceptors (Lipinski definition) is 4. The molecule has 1 aliphatic heterocycles. The summed E-state index contributed by atoms with van der Waals surface area (Å²) in [5, 5.41) is 17.3. The first-order valence-electron chi connectivity index (χ1n) is 3.01. The van der Waals surface area contributed by atoms with Crippen molar-refractivity contribution in [3.8, 4) is 12.1 Å². The number of nitrogens with zero attached hydrogens (tertiary/aromatic N) is 2. The molecule has 0 N–H and O–H groups in total. The molecule has 0 fully saturated rings. The van der Waals surface area contributed by atoms with E-state index in [4.69, 9.17) is 10.5 Å². The predicted octanol–water partition coefficient (Wildman–Crippen LogP) is 2.43. The van der Waals surface area contributed by atoms with Gasteiger partial charge in [0.05, 0.1) is 0 Å². The molecule has 0 radical (unpaired) electrons. The molecule has 2 nitrogen and oxygen atoms in total. The van der Waals surface area contributed by atoms with Gasteiger partial charge in [0.1, 0.15) is 0 Å². The predicted molar refractivity (Wildman–Crippen MR) is 50.9 cm³/mol. The van der Waals surface area contributed by atoms with Crippen LogP contribution < -0.4 is 0 Å². The number of nitriles is 2. The van der Waals surface area contributed by atoms with Crippen molar-refractivity contribution >= 4 is 34.8 Å². The minimum absolute atomic E-state index is 0.657. The van der Waals surface area contributed by atoms with E-state index < -0.39 is 18.2 Å². The molecular weight excluding hydrogens is 371 g/mol. The minimum atomic E-state index is -2.20. The second kappa shape index (κ2) is 3.38. The van der Waals surface area contributed by atoms with Crippen LogP contribution in [0.25, 0.3) is 0 Å². The van der Waals surface area contributed by atoms with Crippen LogP contribution in [0.3, 0.4) is 0 Å². The molecule has 0 saturated heterocycles. The van der Waals surface area contributed by atoms with Gasteiger partial charge in [0.15, 0.2) is 0 Å². The van der Waals surface area contributed by atoms with Gasteiger partial charge in [-0.1, -0.05) is 0 Å². The fourth-order valence-electron chi connectivity index (χ4n) is 0.752. The van der Waals surface area contributed by atoms with Crippen LogP contribution in [0.4, 0.5) is 0 Å². The molecule has 1 rings (SSSR count). The van der Waals surface area contributed by atoms with Gasteiger partial charge in [0.25, 0.3) is 0 Å². The van der Waals surface area contributed by atoms with Gasteiger partial charge in [-0.2, -0.15) is 0 Å². The van der Waals surface area contributed by atoms with Crippen molar-refractivity contribution in [1.82, 2.24) is 0 Å². The monoisotopic (exact) mass is 378 g/mol. The summed E-state index contributed by atoms with van der Waals surface area (Å²) in [5.41, 5.74) is 0. The molecule has 0 aromatic carbocycles. The fraction of sp³-hybridized carbons (Fsp3) is 0.333. The van der Waals surface area contributed by atoms with Crippen molar-refractivity contribution in [2.45, 2.75) is 8.97 Å². The maximum atomic E-state index is 8.64. The van der Waals surface area contributed by atoms with Gasteiger partial charge in [-0.3, -0.25) is 0 Å². The summed E-state index contributed by atoms with van der Waals surface area (Å²) < 4.78 is 4.45. The van der Waals surface area contributed by atoms with Crippen LogP contribution >= 0.6 is 16.6 Å². The van der Waals surface area contributed by atoms with Crippen molar-refractivity contribution in [2.75, 3.05) is 0 Å². The van der Waals surface area contributed by atoms with Crippen LogP contribution in [0.5, 0.6) is 0 Å². The SMILES string of the molecule is [CH3][Pb]1([CH3])[S]C(C#N)=C(C#N)[S]1. The molecule has 56 valence electrons. The van der Waals surface area contributed by atoms with E-state index in [-0.39, 0.29) is 0 Å². The van der Waals surface area contributed by atoms with Gasteiger partial charge < -0.3 is 0 Å². The molecule has 0 atom stereocenters. The third kappa shape index (κ3) is 2.14. The third-order valence-electron chi connectivity index (χ3n) is 1.11. The topological polar surface area (TPSA) is 47.6 Å².